The Bertz CT molecular complexity index is 794. The first-order valence-corrected chi connectivity index (χ1v) is 8.78. The van der Waals surface area contributed by atoms with E-state index >= 15 is 0 Å². The van der Waals surface area contributed by atoms with Crippen LogP contribution in [0.3, 0.4) is 0 Å². The number of nitrogens with zero attached hydrogens (tertiary/aromatic N) is 2. The van der Waals surface area contributed by atoms with E-state index in [4.69, 9.17) is 0 Å². The molecule has 0 fully saturated rings. The van der Waals surface area contributed by atoms with Gasteiger partial charge in [0.05, 0.1) is 0 Å². The number of carbonyl (C=O) groups is 2. The van der Waals surface area contributed by atoms with Crippen LogP contribution in [0, 0.1) is 13.8 Å². The number of Topliss-reactive ketones (excluding diaryl/α,β-unsaturated/α-hetero) is 1. The number of anilines is 1. The largest absolute Gasteiger partial charge is 0.295 e. The topological polar surface area (TPSA) is 72.0 Å². The van der Waals surface area contributed by atoms with Gasteiger partial charge in [0, 0.05) is 29.8 Å². The maximum atomic E-state index is 12.4. The molecule has 1 aliphatic rings. The Morgan fingerprint density at radius 2 is 1.64 bits per heavy atom. The van der Waals surface area contributed by atoms with Gasteiger partial charge in [0.1, 0.15) is 0 Å². The van der Waals surface area contributed by atoms with Gasteiger partial charge in [-0.3, -0.25) is 14.9 Å². The summed E-state index contributed by atoms with van der Waals surface area (Å²) in [5.74, 6) is 0.0601. The molecule has 1 amide bonds. The molecule has 130 valence electrons. The number of amides is 1. The Balaban J connectivity index is 1.57. The predicted octanol–water partition coefficient (Wildman–Crippen LogP) is 3.57. The Kier molecular flexibility index (Phi) is 5.22. The zero-order valence-electron chi connectivity index (χ0n) is 14.8. The third kappa shape index (κ3) is 4.50. The van der Waals surface area contributed by atoms with E-state index in [1.807, 2.05) is 32.0 Å². The van der Waals surface area contributed by atoms with Gasteiger partial charge in [-0.2, -0.15) is 0 Å². The summed E-state index contributed by atoms with van der Waals surface area (Å²) in [6, 6.07) is 7.79. The number of nitrogens with one attached hydrogen (secondary N) is 1. The molecule has 5 heteroatoms. The smallest absolute Gasteiger partial charge is 0.229 e. The first-order chi connectivity index (χ1) is 12.0. The fourth-order valence-corrected chi connectivity index (χ4v) is 3.25. The van der Waals surface area contributed by atoms with Gasteiger partial charge < -0.3 is 0 Å². The van der Waals surface area contributed by atoms with Gasteiger partial charge in [-0.1, -0.05) is 12.1 Å². The molecular formula is C20H23N3O2. The Morgan fingerprint density at radius 1 is 0.960 bits per heavy atom. The van der Waals surface area contributed by atoms with Crippen LogP contribution >= 0.6 is 0 Å². The van der Waals surface area contributed by atoms with E-state index < -0.39 is 0 Å². The lowest BCUT2D eigenvalue weighted by atomic mass is 9.89. The summed E-state index contributed by atoms with van der Waals surface area (Å²) < 4.78 is 0. The first kappa shape index (κ1) is 17.3. The molecule has 0 spiro atoms. The van der Waals surface area contributed by atoms with Crippen molar-refractivity contribution in [3.63, 3.8) is 0 Å². The van der Waals surface area contributed by atoms with Crippen molar-refractivity contribution in [3.05, 3.63) is 52.3 Å². The number of hydrogen-bond donors (Lipinski definition) is 1. The third-order valence-electron chi connectivity index (χ3n) is 4.48. The van der Waals surface area contributed by atoms with Crippen molar-refractivity contribution in [1.29, 1.82) is 0 Å². The van der Waals surface area contributed by atoms with Crippen LogP contribution in [0.15, 0.2) is 24.3 Å². The molecule has 0 aliphatic heterocycles. The highest BCUT2D eigenvalue weighted by Gasteiger charge is 2.14. The van der Waals surface area contributed by atoms with Crippen LogP contribution in [0.4, 0.5) is 5.95 Å². The number of carbonyl (C=O) groups excluding carboxylic acids is 2. The van der Waals surface area contributed by atoms with Crippen LogP contribution in [0.2, 0.25) is 0 Å². The average Bonchev–Trinajstić information content (AvgIpc) is 2.58. The summed E-state index contributed by atoms with van der Waals surface area (Å²) in [6.07, 6.45) is 4.87. The highest BCUT2D eigenvalue weighted by molar-refractivity contribution is 5.99. The molecule has 25 heavy (non-hydrogen) atoms. The number of ketones is 1. The fourth-order valence-electron chi connectivity index (χ4n) is 3.25. The summed E-state index contributed by atoms with van der Waals surface area (Å²) in [6.45, 7) is 3.70. The van der Waals surface area contributed by atoms with Crippen molar-refractivity contribution in [2.24, 2.45) is 0 Å². The first-order valence-electron chi connectivity index (χ1n) is 8.78. The Labute approximate surface area is 147 Å². The normalized spacial score (nSPS) is 13.2. The van der Waals surface area contributed by atoms with Crippen LogP contribution in [-0.4, -0.2) is 21.7 Å². The van der Waals surface area contributed by atoms with Crippen molar-refractivity contribution >= 4 is 17.6 Å². The van der Waals surface area contributed by atoms with Gasteiger partial charge in [0.2, 0.25) is 11.9 Å². The van der Waals surface area contributed by atoms with Gasteiger partial charge in [-0.05, 0) is 62.8 Å². The molecule has 0 saturated carbocycles. The zero-order valence-corrected chi connectivity index (χ0v) is 14.8. The molecule has 0 bridgehead atoms. The van der Waals surface area contributed by atoms with Gasteiger partial charge >= 0.3 is 0 Å². The van der Waals surface area contributed by atoms with Crippen molar-refractivity contribution in [3.8, 4) is 0 Å². The molecule has 5 nitrogen and oxygen atoms in total. The minimum Gasteiger partial charge on any atom is -0.295 e. The van der Waals surface area contributed by atoms with E-state index in [-0.39, 0.29) is 24.5 Å². The summed E-state index contributed by atoms with van der Waals surface area (Å²) in [5, 5.41) is 2.67. The molecular weight excluding hydrogens is 314 g/mol. The van der Waals surface area contributed by atoms with Gasteiger partial charge in [0.15, 0.2) is 5.78 Å². The van der Waals surface area contributed by atoms with Gasteiger partial charge in [-0.25, -0.2) is 9.97 Å². The molecule has 1 aromatic heterocycles. The number of aromatic nitrogens is 2. The number of benzene rings is 1. The lowest BCUT2D eigenvalue weighted by Crippen LogP contribution is -2.16. The number of rotatable bonds is 5. The molecule has 1 heterocycles. The second-order valence-electron chi connectivity index (χ2n) is 6.64. The maximum absolute atomic E-state index is 12.4. The molecule has 0 radical (unpaired) electrons. The molecule has 1 aliphatic carbocycles. The standard InChI is InChI=1S/C20H23N3O2/c1-13-11-14(2)22-20(21-13)23-19(25)10-9-18(24)17-8-7-15-5-3-4-6-16(15)12-17/h7-8,11-12H,3-6,9-10H2,1-2H3,(H,21,22,23,25). The molecule has 2 aromatic rings. The van der Waals surface area contributed by atoms with E-state index in [2.05, 4.69) is 21.4 Å². The van der Waals surface area contributed by atoms with Crippen LogP contribution in [0.5, 0.6) is 0 Å². The van der Waals surface area contributed by atoms with Crippen molar-refractivity contribution in [2.45, 2.75) is 52.4 Å². The Hall–Kier alpha value is -2.56. The van der Waals surface area contributed by atoms with Gasteiger partial charge in [-0.15, -0.1) is 0 Å². The van der Waals surface area contributed by atoms with E-state index in [0.29, 0.717) is 11.5 Å². The average molecular weight is 337 g/mol. The highest BCUT2D eigenvalue weighted by Crippen LogP contribution is 2.23. The monoisotopic (exact) mass is 337 g/mol. The maximum Gasteiger partial charge on any atom is 0.229 e. The van der Waals surface area contributed by atoms with E-state index in [0.717, 1.165) is 24.2 Å². The van der Waals surface area contributed by atoms with E-state index in [1.165, 1.54) is 24.0 Å². The molecule has 1 N–H and O–H groups in total. The SMILES string of the molecule is Cc1cc(C)nc(NC(=O)CCC(=O)c2ccc3c(c2)CCCC3)n1. The quantitative estimate of drug-likeness (QED) is 0.847. The summed E-state index contributed by atoms with van der Waals surface area (Å²) >= 11 is 0. The number of aryl methyl sites for hydroxylation is 4. The van der Waals surface area contributed by atoms with Gasteiger partial charge in [0.25, 0.3) is 0 Å². The third-order valence-corrected chi connectivity index (χ3v) is 4.48. The minimum atomic E-state index is -0.240. The second-order valence-corrected chi connectivity index (χ2v) is 6.64. The van der Waals surface area contributed by atoms with Crippen LogP contribution in [-0.2, 0) is 17.6 Å². The highest BCUT2D eigenvalue weighted by atomic mass is 16.2. The zero-order chi connectivity index (χ0) is 17.8. The van der Waals surface area contributed by atoms with Crippen molar-refractivity contribution < 1.29 is 9.59 Å². The van der Waals surface area contributed by atoms with E-state index in [9.17, 15) is 9.59 Å². The number of hydrogen-bond acceptors (Lipinski definition) is 4. The number of fused-ring (bicyclic) bond motifs is 1. The predicted molar refractivity (Wildman–Crippen MR) is 96.8 cm³/mol. The van der Waals surface area contributed by atoms with Crippen LogP contribution in [0.1, 0.15) is 58.6 Å². The molecule has 0 unspecified atom stereocenters. The summed E-state index contributed by atoms with van der Waals surface area (Å²) in [4.78, 5) is 32.8. The Morgan fingerprint density at radius 3 is 2.36 bits per heavy atom. The lowest BCUT2D eigenvalue weighted by molar-refractivity contribution is -0.116. The molecule has 0 saturated heterocycles. The van der Waals surface area contributed by atoms with Crippen LogP contribution < -0.4 is 5.32 Å². The van der Waals surface area contributed by atoms with Crippen molar-refractivity contribution in [1.82, 2.24) is 9.97 Å². The summed E-state index contributed by atoms with van der Waals surface area (Å²) in [7, 11) is 0. The van der Waals surface area contributed by atoms with E-state index in [1.54, 1.807) is 0 Å². The van der Waals surface area contributed by atoms with Crippen LogP contribution in [0.25, 0.3) is 0 Å². The van der Waals surface area contributed by atoms with Crippen molar-refractivity contribution in [2.75, 3.05) is 5.32 Å². The summed E-state index contributed by atoms with van der Waals surface area (Å²) in [5.41, 5.74) is 4.94. The fraction of sp³-hybridized carbons (Fsp3) is 0.400. The minimum absolute atomic E-state index is 0.00450. The molecule has 3 rings (SSSR count). The molecule has 0 atom stereocenters. The lowest BCUT2D eigenvalue weighted by Gasteiger charge is -2.16. The molecule has 1 aromatic carbocycles. The second kappa shape index (κ2) is 7.55.